The minimum atomic E-state index is -4.45. The Hall–Kier alpha value is -3.05. The van der Waals surface area contributed by atoms with Crippen molar-refractivity contribution in [2.75, 3.05) is 33.3 Å². The lowest BCUT2D eigenvalue weighted by Gasteiger charge is -2.34. The number of nitrogens with zero attached hydrogens (tertiary/aromatic N) is 4. The first kappa shape index (κ1) is 23.1. The molecule has 1 aliphatic rings. The van der Waals surface area contributed by atoms with Crippen LogP contribution in [0.4, 0.5) is 13.2 Å². The fraction of sp³-hybridized carbons (Fsp3) is 0.318. The molecule has 11 heteroatoms. The molecule has 2 aromatic carbocycles. The summed E-state index contributed by atoms with van der Waals surface area (Å²) in [7, 11) is 1.59. The fourth-order valence-electron chi connectivity index (χ4n) is 3.50. The van der Waals surface area contributed by atoms with E-state index in [1.165, 1.54) is 18.2 Å². The molecule has 1 aromatic heterocycles. The number of hydrogen-bond donors (Lipinski definition) is 0. The highest BCUT2D eigenvalue weighted by Gasteiger charge is 2.32. The van der Waals surface area contributed by atoms with Crippen LogP contribution in [-0.2, 0) is 6.54 Å². The number of rotatable bonds is 6. The topological polar surface area (TPSA) is 71.7 Å². The first-order valence-electron chi connectivity index (χ1n) is 10.2. The summed E-state index contributed by atoms with van der Waals surface area (Å²) in [6.45, 7) is 2.29. The third-order valence-electron chi connectivity index (χ3n) is 5.18. The number of ether oxygens (including phenoxy) is 1. The van der Waals surface area contributed by atoms with E-state index in [1.807, 2.05) is 24.3 Å². The Morgan fingerprint density at radius 1 is 1.09 bits per heavy atom. The van der Waals surface area contributed by atoms with Crippen molar-refractivity contribution in [3.8, 4) is 17.1 Å². The van der Waals surface area contributed by atoms with E-state index in [0.29, 0.717) is 44.4 Å². The van der Waals surface area contributed by atoms with Crippen LogP contribution in [0.3, 0.4) is 0 Å². The van der Waals surface area contributed by atoms with Crippen LogP contribution in [0.5, 0.6) is 5.75 Å². The number of benzene rings is 2. The molecule has 174 valence electrons. The molecule has 0 bridgehead atoms. The third kappa shape index (κ3) is 5.85. The van der Waals surface area contributed by atoms with Crippen molar-refractivity contribution in [3.05, 3.63) is 60.0 Å². The average molecular weight is 478 g/mol. The molecule has 0 unspecified atom stereocenters. The lowest BCUT2D eigenvalue weighted by atomic mass is 10.2. The second-order valence-electron chi connectivity index (χ2n) is 7.35. The van der Waals surface area contributed by atoms with Gasteiger partial charge in [-0.1, -0.05) is 17.3 Å². The van der Waals surface area contributed by atoms with Gasteiger partial charge in [0.25, 0.3) is 5.91 Å². The first-order chi connectivity index (χ1) is 15.8. The minimum absolute atomic E-state index is 0.0642. The number of alkyl halides is 3. The number of carbonyl (C=O) groups excluding carboxylic acids is 1. The summed E-state index contributed by atoms with van der Waals surface area (Å²) in [6.07, 6.45) is 0. The van der Waals surface area contributed by atoms with E-state index < -0.39 is 11.4 Å². The Morgan fingerprint density at radius 3 is 2.45 bits per heavy atom. The Bertz CT molecular complexity index is 1100. The molecule has 0 atom stereocenters. The Morgan fingerprint density at radius 2 is 1.79 bits per heavy atom. The number of aromatic nitrogens is 2. The predicted octanol–water partition coefficient (Wildman–Crippen LogP) is 4.32. The SMILES string of the molecule is COc1ccc(-c2noc(CN3CCN(C(=O)c4ccccc4SC(F)(F)F)CC3)n2)cc1. The highest BCUT2D eigenvalue weighted by molar-refractivity contribution is 8.00. The van der Waals surface area contributed by atoms with Crippen molar-refractivity contribution in [1.82, 2.24) is 19.9 Å². The Balaban J connectivity index is 1.34. The summed E-state index contributed by atoms with van der Waals surface area (Å²) in [6, 6.07) is 13.1. The van der Waals surface area contributed by atoms with Gasteiger partial charge in [0.05, 0.1) is 19.2 Å². The monoisotopic (exact) mass is 478 g/mol. The van der Waals surface area contributed by atoms with Crippen LogP contribution in [0.25, 0.3) is 11.4 Å². The molecule has 0 N–H and O–H groups in total. The molecule has 7 nitrogen and oxygen atoms in total. The number of methoxy groups -OCH3 is 1. The van der Waals surface area contributed by atoms with Crippen molar-refractivity contribution in [2.24, 2.45) is 0 Å². The molecule has 0 saturated carbocycles. The normalized spacial score (nSPS) is 15.0. The van der Waals surface area contributed by atoms with Gasteiger partial charge in [-0.25, -0.2) is 0 Å². The summed E-state index contributed by atoms with van der Waals surface area (Å²) in [5.41, 5.74) is -3.59. The molecule has 2 heterocycles. The molecule has 1 aliphatic heterocycles. The van der Waals surface area contributed by atoms with Crippen LogP contribution < -0.4 is 4.74 Å². The number of carbonyl (C=O) groups is 1. The zero-order valence-electron chi connectivity index (χ0n) is 17.7. The number of thioether (sulfide) groups is 1. The van der Waals surface area contributed by atoms with Gasteiger partial charge in [0.1, 0.15) is 5.75 Å². The number of amides is 1. The molecule has 4 rings (SSSR count). The Kier molecular flexibility index (Phi) is 6.89. The molecule has 0 spiro atoms. The van der Waals surface area contributed by atoms with Gasteiger partial charge in [0.15, 0.2) is 0 Å². The molecular weight excluding hydrogens is 457 g/mol. The largest absolute Gasteiger partial charge is 0.497 e. The average Bonchev–Trinajstić information content (AvgIpc) is 3.27. The molecule has 1 amide bonds. The summed E-state index contributed by atoms with van der Waals surface area (Å²) >= 11 is -0.268. The van der Waals surface area contributed by atoms with Crippen LogP contribution in [0.15, 0.2) is 57.9 Å². The molecule has 1 saturated heterocycles. The van der Waals surface area contributed by atoms with Gasteiger partial charge in [-0.05, 0) is 48.2 Å². The van der Waals surface area contributed by atoms with Gasteiger partial charge < -0.3 is 14.2 Å². The van der Waals surface area contributed by atoms with E-state index in [4.69, 9.17) is 9.26 Å². The quantitative estimate of drug-likeness (QED) is 0.489. The van der Waals surface area contributed by atoms with Crippen LogP contribution in [-0.4, -0.2) is 64.6 Å². The van der Waals surface area contributed by atoms with E-state index in [0.717, 1.165) is 11.3 Å². The van der Waals surface area contributed by atoms with Crippen LogP contribution in [0.2, 0.25) is 0 Å². The van der Waals surface area contributed by atoms with Crippen LogP contribution in [0, 0.1) is 0 Å². The molecule has 0 aliphatic carbocycles. The van der Waals surface area contributed by atoms with Gasteiger partial charge in [0, 0.05) is 36.6 Å². The number of halogens is 3. The lowest BCUT2D eigenvalue weighted by molar-refractivity contribution is -0.0328. The van der Waals surface area contributed by atoms with E-state index in [-0.39, 0.29) is 22.2 Å². The van der Waals surface area contributed by atoms with Crippen molar-refractivity contribution in [3.63, 3.8) is 0 Å². The lowest BCUT2D eigenvalue weighted by Crippen LogP contribution is -2.48. The number of hydrogen-bond acceptors (Lipinski definition) is 7. The molecule has 1 fully saturated rings. The van der Waals surface area contributed by atoms with Crippen molar-refractivity contribution in [1.29, 1.82) is 0 Å². The van der Waals surface area contributed by atoms with E-state index in [1.54, 1.807) is 18.1 Å². The molecule has 33 heavy (non-hydrogen) atoms. The standard InChI is InChI=1S/C22H21F3N4O3S/c1-31-16-8-6-15(7-9-16)20-26-19(32-27-20)14-28-10-12-29(13-11-28)21(30)17-4-2-3-5-18(17)33-22(23,24)25/h2-9H,10-14H2,1H3. The van der Waals surface area contributed by atoms with Gasteiger partial charge in [0.2, 0.25) is 11.7 Å². The van der Waals surface area contributed by atoms with Crippen molar-refractivity contribution >= 4 is 17.7 Å². The maximum Gasteiger partial charge on any atom is 0.446 e. The zero-order valence-corrected chi connectivity index (χ0v) is 18.5. The van der Waals surface area contributed by atoms with Gasteiger partial charge in [-0.15, -0.1) is 0 Å². The van der Waals surface area contributed by atoms with Gasteiger partial charge >= 0.3 is 5.51 Å². The molecule has 3 aromatic rings. The van der Waals surface area contributed by atoms with E-state index >= 15 is 0 Å². The minimum Gasteiger partial charge on any atom is -0.497 e. The third-order valence-corrected chi connectivity index (χ3v) is 5.99. The van der Waals surface area contributed by atoms with E-state index in [9.17, 15) is 18.0 Å². The zero-order chi connectivity index (χ0) is 23.4. The maximum absolute atomic E-state index is 12.9. The Labute approximate surface area is 192 Å². The van der Waals surface area contributed by atoms with Crippen molar-refractivity contribution < 1.29 is 27.2 Å². The first-order valence-corrected chi connectivity index (χ1v) is 11.0. The van der Waals surface area contributed by atoms with Gasteiger partial charge in [-0.2, -0.15) is 18.2 Å². The number of piperazine rings is 1. The fourth-order valence-corrected chi connectivity index (χ4v) is 4.17. The van der Waals surface area contributed by atoms with Crippen molar-refractivity contribution in [2.45, 2.75) is 16.9 Å². The van der Waals surface area contributed by atoms with Gasteiger partial charge in [-0.3, -0.25) is 9.69 Å². The summed E-state index contributed by atoms with van der Waals surface area (Å²) in [5.74, 6) is 1.25. The maximum atomic E-state index is 12.9. The summed E-state index contributed by atoms with van der Waals surface area (Å²) in [4.78, 5) is 20.8. The van der Waals surface area contributed by atoms with Crippen LogP contribution >= 0.6 is 11.8 Å². The molecule has 0 radical (unpaired) electrons. The smallest absolute Gasteiger partial charge is 0.446 e. The second kappa shape index (κ2) is 9.84. The summed E-state index contributed by atoms with van der Waals surface area (Å²) in [5, 5.41) is 4.02. The second-order valence-corrected chi connectivity index (χ2v) is 8.46. The highest BCUT2D eigenvalue weighted by Crippen LogP contribution is 2.38. The predicted molar refractivity (Wildman–Crippen MR) is 116 cm³/mol. The van der Waals surface area contributed by atoms with Crippen LogP contribution in [0.1, 0.15) is 16.2 Å². The summed E-state index contributed by atoms with van der Waals surface area (Å²) < 4.78 is 49.0. The highest BCUT2D eigenvalue weighted by atomic mass is 32.2. The molecular formula is C22H21F3N4O3S. The van der Waals surface area contributed by atoms with E-state index in [2.05, 4.69) is 15.0 Å².